The highest BCUT2D eigenvalue weighted by molar-refractivity contribution is 6.09. The number of nitrogens with zero attached hydrogens (tertiary/aromatic N) is 1. The Labute approximate surface area is 210 Å². The fourth-order valence-electron chi connectivity index (χ4n) is 4.39. The summed E-state index contributed by atoms with van der Waals surface area (Å²) in [6.45, 7) is -0.0220. The van der Waals surface area contributed by atoms with Crippen LogP contribution in [0.25, 0.3) is 0 Å². The van der Waals surface area contributed by atoms with E-state index in [1.54, 1.807) is 20.3 Å². The molecule has 1 fully saturated rings. The highest BCUT2D eigenvalue weighted by Gasteiger charge is 2.52. The first kappa shape index (κ1) is 24.8. The van der Waals surface area contributed by atoms with Gasteiger partial charge in [-0.25, -0.2) is 4.79 Å². The van der Waals surface area contributed by atoms with E-state index in [2.05, 4.69) is 10.6 Å². The predicted molar refractivity (Wildman–Crippen MR) is 135 cm³/mol. The number of imide groups is 1. The Morgan fingerprint density at radius 3 is 2.22 bits per heavy atom. The van der Waals surface area contributed by atoms with E-state index in [0.29, 0.717) is 30.0 Å². The number of carbonyl (C=O) groups excluding carboxylic acids is 3. The number of amides is 4. The van der Waals surface area contributed by atoms with Crippen molar-refractivity contribution in [1.29, 1.82) is 0 Å². The number of benzene rings is 3. The summed E-state index contributed by atoms with van der Waals surface area (Å²) in [7, 11) is 3.13. The Hall–Kier alpha value is -4.33. The van der Waals surface area contributed by atoms with Gasteiger partial charge in [-0.05, 0) is 35.2 Å². The molecule has 8 nitrogen and oxygen atoms in total. The first-order valence-corrected chi connectivity index (χ1v) is 11.7. The molecule has 2 N–H and O–H groups in total. The molecule has 1 aliphatic heterocycles. The third-order valence-electron chi connectivity index (χ3n) is 6.24. The third-order valence-corrected chi connectivity index (χ3v) is 6.24. The number of carbonyl (C=O) groups is 3. The van der Waals surface area contributed by atoms with Gasteiger partial charge in [-0.15, -0.1) is 0 Å². The van der Waals surface area contributed by atoms with Gasteiger partial charge < -0.3 is 20.1 Å². The van der Waals surface area contributed by atoms with Gasteiger partial charge in [0.1, 0.15) is 6.54 Å². The van der Waals surface area contributed by atoms with Crippen molar-refractivity contribution in [1.82, 2.24) is 15.5 Å². The van der Waals surface area contributed by atoms with E-state index in [1.165, 1.54) is 0 Å². The molecule has 186 valence electrons. The van der Waals surface area contributed by atoms with E-state index in [-0.39, 0.29) is 13.0 Å². The van der Waals surface area contributed by atoms with Crippen molar-refractivity contribution in [3.8, 4) is 11.5 Å². The molecule has 0 bridgehead atoms. The topological polar surface area (TPSA) is 97.0 Å². The van der Waals surface area contributed by atoms with Crippen LogP contribution < -0.4 is 20.1 Å². The molecule has 1 unspecified atom stereocenters. The Morgan fingerprint density at radius 1 is 0.889 bits per heavy atom. The fourth-order valence-corrected chi connectivity index (χ4v) is 4.39. The van der Waals surface area contributed by atoms with Crippen LogP contribution in [-0.4, -0.2) is 50.1 Å². The van der Waals surface area contributed by atoms with Gasteiger partial charge in [0.25, 0.3) is 5.91 Å². The van der Waals surface area contributed by atoms with Crippen molar-refractivity contribution in [3.63, 3.8) is 0 Å². The van der Waals surface area contributed by atoms with Crippen molar-refractivity contribution in [2.24, 2.45) is 0 Å². The van der Waals surface area contributed by atoms with E-state index in [0.717, 1.165) is 16.0 Å². The first-order valence-electron chi connectivity index (χ1n) is 11.7. The van der Waals surface area contributed by atoms with E-state index in [9.17, 15) is 14.4 Å². The minimum absolute atomic E-state index is 0.278. The van der Waals surface area contributed by atoms with Crippen LogP contribution in [0, 0.1) is 0 Å². The van der Waals surface area contributed by atoms with Crippen LogP contribution in [0.1, 0.15) is 16.7 Å². The van der Waals surface area contributed by atoms with Gasteiger partial charge in [0.05, 0.1) is 14.2 Å². The molecule has 1 atom stereocenters. The third kappa shape index (κ3) is 5.17. The summed E-state index contributed by atoms with van der Waals surface area (Å²) < 4.78 is 10.6. The zero-order valence-corrected chi connectivity index (χ0v) is 20.3. The van der Waals surface area contributed by atoms with Crippen LogP contribution in [0.5, 0.6) is 11.5 Å². The summed E-state index contributed by atoms with van der Waals surface area (Å²) >= 11 is 0. The lowest BCUT2D eigenvalue weighted by atomic mass is 9.83. The minimum atomic E-state index is -1.28. The Kier molecular flexibility index (Phi) is 7.53. The number of urea groups is 1. The molecular weight excluding hydrogens is 458 g/mol. The summed E-state index contributed by atoms with van der Waals surface area (Å²) in [6, 6.07) is 23.6. The van der Waals surface area contributed by atoms with E-state index in [4.69, 9.17) is 9.47 Å². The van der Waals surface area contributed by atoms with Gasteiger partial charge in [0.15, 0.2) is 17.0 Å². The molecule has 0 saturated carbocycles. The Balaban J connectivity index is 1.44. The standard InChI is InChI=1S/C28H29N3O5/c1-35-23-14-13-20(17-24(23)36-2)15-16-29-25(32)19-31-26(33)28(30-27(31)34,22-11-7-4-8-12-22)18-21-9-5-3-6-10-21/h3-14,17H,15-16,18-19H2,1-2H3,(H,29,32)(H,30,34). The van der Waals surface area contributed by atoms with E-state index in [1.807, 2.05) is 72.8 Å². The van der Waals surface area contributed by atoms with Crippen LogP contribution in [0.3, 0.4) is 0 Å². The molecule has 8 heteroatoms. The van der Waals surface area contributed by atoms with Gasteiger partial charge in [-0.3, -0.25) is 14.5 Å². The average molecular weight is 488 g/mol. The Bertz CT molecular complexity index is 1230. The molecule has 1 heterocycles. The SMILES string of the molecule is COc1ccc(CCNC(=O)CN2C(=O)NC(Cc3ccccc3)(c3ccccc3)C2=O)cc1OC. The number of methoxy groups -OCH3 is 2. The van der Waals surface area contributed by atoms with Crippen LogP contribution in [0.4, 0.5) is 4.79 Å². The number of nitrogens with one attached hydrogen (secondary N) is 2. The van der Waals surface area contributed by atoms with Gasteiger partial charge >= 0.3 is 6.03 Å². The highest BCUT2D eigenvalue weighted by atomic mass is 16.5. The van der Waals surface area contributed by atoms with Crippen LogP contribution >= 0.6 is 0 Å². The van der Waals surface area contributed by atoms with Crippen LogP contribution in [0.15, 0.2) is 78.9 Å². The summed E-state index contributed by atoms with van der Waals surface area (Å²) in [5, 5.41) is 5.67. The van der Waals surface area contributed by atoms with Gasteiger partial charge in [0, 0.05) is 13.0 Å². The van der Waals surface area contributed by atoms with Crippen molar-refractivity contribution < 1.29 is 23.9 Å². The largest absolute Gasteiger partial charge is 0.493 e. The first-order chi connectivity index (χ1) is 17.5. The van der Waals surface area contributed by atoms with Crippen molar-refractivity contribution in [2.45, 2.75) is 18.4 Å². The second-order valence-corrected chi connectivity index (χ2v) is 8.54. The molecule has 3 aromatic rings. The smallest absolute Gasteiger partial charge is 0.325 e. The quantitative estimate of drug-likeness (QED) is 0.429. The molecule has 1 aliphatic rings. The second-order valence-electron chi connectivity index (χ2n) is 8.54. The van der Waals surface area contributed by atoms with Gasteiger partial charge in [-0.2, -0.15) is 0 Å². The lowest BCUT2D eigenvalue weighted by Gasteiger charge is -2.27. The molecule has 0 spiro atoms. The molecule has 0 aliphatic carbocycles. The van der Waals surface area contributed by atoms with Crippen LogP contribution in [-0.2, 0) is 28.0 Å². The average Bonchev–Trinajstić information content (AvgIpc) is 3.14. The predicted octanol–water partition coefficient (Wildman–Crippen LogP) is 3.05. The normalized spacial score (nSPS) is 17.0. The Morgan fingerprint density at radius 2 is 1.56 bits per heavy atom. The minimum Gasteiger partial charge on any atom is -0.493 e. The maximum Gasteiger partial charge on any atom is 0.325 e. The van der Waals surface area contributed by atoms with Crippen molar-refractivity contribution in [2.75, 3.05) is 27.3 Å². The summed E-state index contributed by atoms with van der Waals surface area (Å²) in [4.78, 5) is 40.2. The van der Waals surface area contributed by atoms with E-state index < -0.39 is 23.4 Å². The number of hydrogen-bond donors (Lipinski definition) is 2. The lowest BCUT2D eigenvalue weighted by Crippen LogP contribution is -2.47. The number of hydrogen-bond acceptors (Lipinski definition) is 5. The summed E-state index contributed by atoms with van der Waals surface area (Å²) in [6.07, 6.45) is 0.827. The zero-order valence-electron chi connectivity index (χ0n) is 20.3. The number of ether oxygens (including phenoxy) is 2. The number of rotatable bonds is 10. The monoisotopic (exact) mass is 487 g/mol. The molecule has 3 aromatic carbocycles. The van der Waals surface area contributed by atoms with E-state index >= 15 is 0 Å². The summed E-state index contributed by atoms with van der Waals surface area (Å²) in [5.41, 5.74) is 1.24. The molecule has 0 aromatic heterocycles. The van der Waals surface area contributed by atoms with Crippen LogP contribution in [0.2, 0.25) is 0 Å². The fraction of sp³-hybridized carbons (Fsp3) is 0.250. The lowest BCUT2D eigenvalue weighted by molar-refractivity contribution is -0.135. The summed E-state index contributed by atoms with van der Waals surface area (Å²) in [5.74, 6) is 0.373. The molecule has 4 amide bonds. The zero-order chi connectivity index (χ0) is 25.5. The molecule has 36 heavy (non-hydrogen) atoms. The maximum absolute atomic E-state index is 13.6. The molecular formula is C28H29N3O5. The highest BCUT2D eigenvalue weighted by Crippen LogP contribution is 2.33. The molecule has 4 rings (SSSR count). The second kappa shape index (κ2) is 10.9. The molecule has 0 radical (unpaired) electrons. The van der Waals surface area contributed by atoms with Crippen molar-refractivity contribution >= 4 is 17.8 Å². The van der Waals surface area contributed by atoms with Gasteiger partial charge in [-0.1, -0.05) is 66.7 Å². The maximum atomic E-state index is 13.6. The van der Waals surface area contributed by atoms with Crippen molar-refractivity contribution in [3.05, 3.63) is 95.6 Å². The molecule has 1 saturated heterocycles. The van der Waals surface area contributed by atoms with Gasteiger partial charge in [0.2, 0.25) is 5.91 Å².